The Morgan fingerprint density at radius 3 is 2.38 bits per heavy atom. The molecule has 0 aliphatic heterocycles. The number of hydrogen-bond donors (Lipinski definition) is 1. The lowest BCUT2D eigenvalue weighted by Gasteiger charge is -2.41. The summed E-state index contributed by atoms with van der Waals surface area (Å²) in [4.78, 5) is 2.62. The average molecular weight is 226 g/mol. The monoisotopic (exact) mass is 226 g/mol. The van der Waals surface area contributed by atoms with Crippen LogP contribution >= 0.6 is 0 Å². The standard InChI is InChI=1S/C14H30N2/c1-5-16(10-13-6-7-13)14(4,11-15)9-8-12(2)3/h12-13H,5-11,15H2,1-4H3. The first-order valence-electron chi connectivity index (χ1n) is 6.97. The van der Waals surface area contributed by atoms with Gasteiger partial charge in [-0.05, 0) is 51.0 Å². The molecule has 0 saturated heterocycles. The minimum Gasteiger partial charge on any atom is -0.329 e. The predicted molar refractivity (Wildman–Crippen MR) is 71.5 cm³/mol. The van der Waals surface area contributed by atoms with Crippen molar-refractivity contribution in [2.24, 2.45) is 17.6 Å². The summed E-state index contributed by atoms with van der Waals surface area (Å²) in [6.07, 6.45) is 5.39. The van der Waals surface area contributed by atoms with Gasteiger partial charge in [-0.15, -0.1) is 0 Å². The molecule has 0 aromatic heterocycles. The Labute approximate surface area is 102 Å². The minimum atomic E-state index is 0.224. The summed E-state index contributed by atoms with van der Waals surface area (Å²) in [6, 6.07) is 0. The van der Waals surface area contributed by atoms with Gasteiger partial charge < -0.3 is 5.73 Å². The highest BCUT2D eigenvalue weighted by atomic mass is 15.2. The van der Waals surface area contributed by atoms with Crippen LogP contribution in [0.3, 0.4) is 0 Å². The van der Waals surface area contributed by atoms with E-state index in [1.165, 1.54) is 32.2 Å². The van der Waals surface area contributed by atoms with Crippen LogP contribution in [0.5, 0.6) is 0 Å². The molecule has 0 amide bonds. The average Bonchev–Trinajstić information content (AvgIpc) is 3.06. The van der Waals surface area contributed by atoms with Crippen molar-refractivity contribution in [3.05, 3.63) is 0 Å². The molecule has 0 radical (unpaired) electrons. The molecule has 2 nitrogen and oxygen atoms in total. The van der Waals surface area contributed by atoms with Crippen molar-refractivity contribution < 1.29 is 0 Å². The van der Waals surface area contributed by atoms with Gasteiger partial charge in [0.1, 0.15) is 0 Å². The molecule has 96 valence electrons. The summed E-state index contributed by atoms with van der Waals surface area (Å²) >= 11 is 0. The molecule has 2 heteroatoms. The molecule has 0 heterocycles. The van der Waals surface area contributed by atoms with Crippen LogP contribution in [0.2, 0.25) is 0 Å². The maximum Gasteiger partial charge on any atom is 0.0303 e. The number of hydrogen-bond acceptors (Lipinski definition) is 2. The summed E-state index contributed by atoms with van der Waals surface area (Å²) in [7, 11) is 0. The molecule has 1 rings (SSSR count). The fourth-order valence-corrected chi connectivity index (χ4v) is 2.33. The molecule has 16 heavy (non-hydrogen) atoms. The van der Waals surface area contributed by atoms with Crippen molar-refractivity contribution >= 4 is 0 Å². The molecule has 2 N–H and O–H groups in total. The van der Waals surface area contributed by atoms with Gasteiger partial charge in [0.2, 0.25) is 0 Å². The Bertz CT molecular complexity index is 199. The quantitative estimate of drug-likeness (QED) is 0.689. The smallest absolute Gasteiger partial charge is 0.0303 e. The second-order valence-electron chi connectivity index (χ2n) is 6.12. The second-order valence-corrected chi connectivity index (χ2v) is 6.12. The summed E-state index contributed by atoms with van der Waals surface area (Å²) in [6.45, 7) is 12.4. The lowest BCUT2D eigenvalue weighted by molar-refractivity contribution is 0.0962. The highest BCUT2D eigenvalue weighted by molar-refractivity contribution is 4.90. The molecule has 1 saturated carbocycles. The Morgan fingerprint density at radius 1 is 1.38 bits per heavy atom. The normalized spacial score (nSPS) is 20.4. The molecule has 1 unspecified atom stereocenters. The number of nitrogens with two attached hydrogens (primary N) is 1. The van der Waals surface area contributed by atoms with Gasteiger partial charge in [-0.3, -0.25) is 4.90 Å². The van der Waals surface area contributed by atoms with Gasteiger partial charge in [0.05, 0.1) is 0 Å². The van der Waals surface area contributed by atoms with Crippen LogP contribution in [0.1, 0.15) is 53.4 Å². The third-order valence-electron chi connectivity index (χ3n) is 4.02. The molecule has 1 atom stereocenters. The minimum absolute atomic E-state index is 0.224. The van der Waals surface area contributed by atoms with E-state index in [-0.39, 0.29) is 5.54 Å². The van der Waals surface area contributed by atoms with E-state index >= 15 is 0 Å². The summed E-state index contributed by atoms with van der Waals surface area (Å²) in [5.41, 5.74) is 6.25. The lowest BCUT2D eigenvalue weighted by atomic mass is 9.90. The van der Waals surface area contributed by atoms with Crippen molar-refractivity contribution in [1.29, 1.82) is 0 Å². The largest absolute Gasteiger partial charge is 0.329 e. The van der Waals surface area contributed by atoms with Crippen LogP contribution in [0.25, 0.3) is 0 Å². The Morgan fingerprint density at radius 2 is 2.00 bits per heavy atom. The van der Waals surface area contributed by atoms with Crippen molar-refractivity contribution in [3.8, 4) is 0 Å². The topological polar surface area (TPSA) is 29.3 Å². The van der Waals surface area contributed by atoms with Crippen LogP contribution < -0.4 is 5.73 Å². The third-order valence-corrected chi connectivity index (χ3v) is 4.02. The molecule has 1 aliphatic rings. The van der Waals surface area contributed by atoms with Gasteiger partial charge in [0.25, 0.3) is 0 Å². The van der Waals surface area contributed by atoms with Crippen LogP contribution in [0.15, 0.2) is 0 Å². The highest BCUT2D eigenvalue weighted by Gasteiger charge is 2.33. The van der Waals surface area contributed by atoms with Gasteiger partial charge in [0, 0.05) is 18.6 Å². The predicted octanol–water partition coefficient (Wildman–Crippen LogP) is 2.87. The molecule has 1 fully saturated rings. The van der Waals surface area contributed by atoms with Crippen LogP contribution in [-0.4, -0.2) is 30.1 Å². The van der Waals surface area contributed by atoms with E-state index in [0.29, 0.717) is 0 Å². The van der Waals surface area contributed by atoms with E-state index in [0.717, 1.165) is 24.9 Å². The molecule has 0 spiro atoms. The molecule has 0 aromatic carbocycles. The zero-order valence-electron chi connectivity index (χ0n) is 11.6. The molecular formula is C14H30N2. The second kappa shape index (κ2) is 6.02. The molecule has 1 aliphatic carbocycles. The van der Waals surface area contributed by atoms with Gasteiger partial charge in [0.15, 0.2) is 0 Å². The SMILES string of the molecule is CCN(CC1CC1)C(C)(CN)CCC(C)C. The van der Waals surface area contributed by atoms with Crippen molar-refractivity contribution in [1.82, 2.24) is 4.90 Å². The lowest BCUT2D eigenvalue weighted by Crippen LogP contribution is -2.52. The number of rotatable bonds is 8. The third kappa shape index (κ3) is 4.06. The Hall–Kier alpha value is -0.0800. The zero-order valence-corrected chi connectivity index (χ0v) is 11.6. The van der Waals surface area contributed by atoms with E-state index in [2.05, 4.69) is 32.6 Å². The van der Waals surface area contributed by atoms with Crippen LogP contribution in [-0.2, 0) is 0 Å². The molecule has 0 aromatic rings. The van der Waals surface area contributed by atoms with Gasteiger partial charge in [-0.25, -0.2) is 0 Å². The van der Waals surface area contributed by atoms with E-state index in [4.69, 9.17) is 5.73 Å². The van der Waals surface area contributed by atoms with Crippen molar-refractivity contribution in [2.45, 2.75) is 58.9 Å². The Kier molecular flexibility index (Phi) is 5.26. The van der Waals surface area contributed by atoms with E-state index in [9.17, 15) is 0 Å². The Balaban J connectivity index is 2.51. The molecule has 0 bridgehead atoms. The highest BCUT2D eigenvalue weighted by Crippen LogP contribution is 2.33. The number of nitrogens with zero attached hydrogens (tertiary/aromatic N) is 1. The van der Waals surface area contributed by atoms with Crippen LogP contribution in [0.4, 0.5) is 0 Å². The van der Waals surface area contributed by atoms with Gasteiger partial charge in [-0.2, -0.15) is 0 Å². The first-order valence-corrected chi connectivity index (χ1v) is 6.97. The summed E-state index contributed by atoms with van der Waals surface area (Å²) < 4.78 is 0. The first kappa shape index (κ1) is 14.0. The fraction of sp³-hybridized carbons (Fsp3) is 1.00. The van der Waals surface area contributed by atoms with E-state index in [1.807, 2.05) is 0 Å². The number of likely N-dealkylation sites (N-methyl/N-ethyl adjacent to an activating group) is 1. The maximum atomic E-state index is 6.02. The molecular weight excluding hydrogens is 196 g/mol. The van der Waals surface area contributed by atoms with Gasteiger partial charge in [-0.1, -0.05) is 20.8 Å². The fourth-order valence-electron chi connectivity index (χ4n) is 2.33. The maximum absolute atomic E-state index is 6.02. The summed E-state index contributed by atoms with van der Waals surface area (Å²) in [5.74, 6) is 1.75. The van der Waals surface area contributed by atoms with E-state index in [1.54, 1.807) is 0 Å². The zero-order chi connectivity index (χ0) is 12.2. The van der Waals surface area contributed by atoms with E-state index < -0.39 is 0 Å². The van der Waals surface area contributed by atoms with Crippen molar-refractivity contribution in [2.75, 3.05) is 19.6 Å². The van der Waals surface area contributed by atoms with Crippen molar-refractivity contribution in [3.63, 3.8) is 0 Å². The first-order chi connectivity index (χ1) is 7.51. The van der Waals surface area contributed by atoms with Crippen LogP contribution in [0, 0.1) is 11.8 Å². The summed E-state index contributed by atoms with van der Waals surface area (Å²) in [5, 5.41) is 0. The van der Waals surface area contributed by atoms with Gasteiger partial charge >= 0.3 is 0 Å².